The molecule has 7 aromatic rings. The van der Waals surface area contributed by atoms with E-state index in [-0.39, 0.29) is 0 Å². The molecular formula is C46H40N2. The van der Waals surface area contributed by atoms with Gasteiger partial charge >= 0.3 is 0 Å². The maximum atomic E-state index is 5.03. The second kappa shape index (κ2) is 12.8. The van der Waals surface area contributed by atoms with Crippen LogP contribution in [0.15, 0.2) is 151 Å². The summed E-state index contributed by atoms with van der Waals surface area (Å²) in [6.07, 6.45) is 2.20. The smallest absolute Gasteiger partial charge is 0.0712 e. The van der Waals surface area contributed by atoms with Crippen molar-refractivity contribution in [2.75, 3.05) is 0 Å². The molecule has 0 aliphatic carbocycles. The first-order valence-electron chi connectivity index (χ1n) is 16.6. The van der Waals surface area contributed by atoms with Crippen molar-refractivity contribution in [3.05, 3.63) is 185 Å². The Morgan fingerprint density at radius 3 is 1.67 bits per heavy atom. The van der Waals surface area contributed by atoms with E-state index >= 15 is 0 Å². The van der Waals surface area contributed by atoms with E-state index in [1.165, 1.54) is 72.0 Å². The molecule has 0 spiro atoms. The first-order valence-corrected chi connectivity index (χ1v) is 16.6. The lowest BCUT2D eigenvalue weighted by atomic mass is 9.89. The molecule has 1 aromatic heterocycles. The molecule has 234 valence electrons. The highest BCUT2D eigenvalue weighted by Gasteiger charge is 2.17. The summed E-state index contributed by atoms with van der Waals surface area (Å²) in [4.78, 5) is 5.03. The largest absolute Gasteiger partial charge is 0.309 e. The number of allylic oxidation sites excluding steroid dienone is 2. The van der Waals surface area contributed by atoms with Crippen molar-refractivity contribution in [3.8, 4) is 16.8 Å². The summed E-state index contributed by atoms with van der Waals surface area (Å²) in [6.45, 7) is 15.4. The molecule has 48 heavy (non-hydrogen) atoms. The average molecular weight is 621 g/mol. The zero-order valence-corrected chi connectivity index (χ0v) is 28.4. The van der Waals surface area contributed by atoms with Gasteiger partial charge in [-0.05, 0) is 115 Å². The Balaban J connectivity index is 1.28. The predicted molar refractivity (Wildman–Crippen MR) is 207 cm³/mol. The third-order valence-corrected chi connectivity index (χ3v) is 9.44. The van der Waals surface area contributed by atoms with E-state index in [9.17, 15) is 0 Å². The molecule has 0 saturated carbocycles. The summed E-state index contributed by atoms with van der Waals surface area (Å²) >= 11 is 0. The van der Waals surface area contributed by atoms with E-state index in [0.29, 0.717) is 0 Å². The molecule has 7 rings (SSSR count). The van der Waals surface area contributed by atoms with E-state index in [1.807, 2.05) is 24.3 Å². The van der Waals surface area contributed by atoms with Crippen molar-refractivity contribution in [1.82, 2.24) is 4.57 Å². The number of fused-ring (bicyclic) bond motifs is 3. The SMILES string of the molecule is C=C(N=C(/C=C(\C)c1cc(C)c(-c2cc(C)c(-n3c4ccccc4c4ccccc43)cc2C)cc1C)c1ccccc1)c1ccccc1. The van der Waals surface area contributed by atoms with Crippen molar-refractivity contribution in [2.24, 2.45) is 4.99 Å². The Kier molecular flexibility index (Phi) is 8.25. The van der Waals surface area contributed by atoms with Crippen molar-refractivity contribution < 1.29 is 0 Å². The van der Waals surface area contributed by atoms with Crippen molar-refractivity contribution >= 4 is 38.8 Å². The van der Waals surface area contributed by atoms with Gasteiger partial charge in [0.15, 0.2) is 0 Å². The molecule has 0 saturated heterocycles. The lowest BCUT2D eigenvalue weighted by Crippen LogP contribution is -2.01. The Hall–Kier alpha value is -5.73. The van der Waals surface area contributed by atoms with Gasteiger partial charge < -0.3 is 4.57 Å². The quantitative estimate of drug-likeness (QED) is 0.158. The third kappa shape index (κ3) is 5.71. The van der Waals surface area contributed by atoms with Gasteiger partial charge in [0.1, 0.15) is 0 Å². The van der Waals surface area contributed by atoms with Gasteiger partial charge in [-0.2, -0.15) is 0 Å². The minimum atomic E-state index is 0.747. The Bertz CT molecular complexity index is 2330. The van der Waals surface area contributed by atoms with Crippen LogP contribution in [0.4, 0.5) is 0 Å². The first kappa shape index (κ1) is 30.9. The van der Waals surface area contributed by atoms with E-state index in [1.54, 1.807) is 0 Å². The highest BCUT2D eigenvalue weighted by Crippen LogP contribution is 2.37. The molecule has 0 aliphatic rings. The molecule has 0 bridgehead atoms. The van der Waals surface area contributed by atoms with Crippen molar-refractivity contribution in [3.63, 3.8) is 0 Å². The van der Waals surface area contributed by atoms with Crippen LogP contribution in [0, 0.1) is 27.7 Å². The third-order valence-electron chi connectivity index (χ3n) is 9.44. The molecular weight excluding hydrogens is 581 g/mol. The minimum absolute atomic E-state index is 0.747. The van der Waals surface area contributed by atoms with E-state index in [2.05, 4.69) is 161 Å². The number of aliphatic imine (C=N–C) groups is 1. The Labute approximate surface area is 284 Å². The minimum Gasteiger partial charge on any atom is -0.309 e. The molecule has 0 N–H and O–H groups in total. The highest BCUT2D eigenvalue weighted by atomic mass is 15.0. The van der Waals surface area contributed by atoms with Crippen LogP contribution >= 0.6 is 0 Å². The second-order valence-corrected chi connectivity index (χ2v) is 12.8. The summed E-state index contributed by atoms with van der Waals surface area (Å²) < 4.78 is 2.42. The van der Waals surface area contributed by atoms with E-state index in [0.717, 1.165) is 22.5 Å². The van der Waals surface area contributed by atoms with Crippen molar-refractivity contribution in [1.29, 1.82) is 0 Å². The number of para-hydroxylation sites is 2. The van der Waals surface area contributed by atoms with Gasteiger partial charge in [-0.25, -0.2) is 4.99 Å². The molecule has 2 heteroatoms. The maximum absolute atomic E-state index is 5.03. The fraction of sp³-hybridized carbons (Fsp3) is 0.109. The van der Waals surface area contributed by atoms with Gasteiger partial charge in [0.05, 0.1) is 22.4 Å². The van der Waals surface area contributed by atoms with Gasteiger partial charge in [0.2, 0.25) is 0 Å². The molecule has 6 aromatic carbocycles. The van der Waals surface area contributed by atoms with Gasteiger partial charge in [-0.1, -0.05) is 116 Å². The number of aryl methyl sites for hydroxylation is 4. The molecule has 0 aliphatic heterocycles. The highest BCUT2D eigenvalue weighted by molar-refractivity contribution is 6.14. The van der Waals surface area contributed by atoms with Crippen LogP contribution in [0.3, 0.4) is 0 Å². The average Bonchev–Trinajstić information content (AvgIpc) is 3.44. The predicted octanol–water partition coefficient (Wildman–Crippen LogP) is 12.2. The van der Waals surface area contributed by atoms with E-state index in [4.69, 9.17) is 4.99 Å². The molecule has 0 amide bonds. The van der Waals surface area contributed by atoms with Crippen molar-refractivity contribution in [2.45, 2.75) is 34.6 Å². The van der Waals surface area contributed by atoms with Gasteiger partial charge in [-0.15, -0.1) is 0 Å². The van der Waals surface area contributed by atoms with Gasteiger partial charge in [-0.3, -0.25) is 0 Å². The summed E-state index contributed by atoms with van der Waals surface area (Å²) in [6, 6.07) is 47.4. The summed E-state index contributed by atoms with van der Waals surface area (Å²) in [5, 5.41) is 2.56. The second-order valence-electron chi connectivity index (χ2n) is 12.8. The number of aromatic nitrogens is 1. The van der Waals surface area contributed by atoms with Crippen LogP contribution in [0.2, 0.25) is 0 Å². The number of hydrogen-bond donors (Lipinski definition) is 0. The fourth-order valence-electron chi connectivity index (χ4n) is 6.96. The zero-order chi connectivity index (χ0) is 33.4. The van der Waals surface area contributed by atoms with Crippen LogP contribution in [-0.2, 0) is 0 Å². The molecule has 0 atom stereocenters. The lowest BCUT2D eigenvalue weighted by molar-refractivity contribution is 1.14. The molecule has 0 fully saturated rings. The van der Waals surface area contributed by atoms with Crippen LogP contribution in [0.1, 0.15) is 45.9 Å². The molecule has 0 radical (unpaired) electrons. The molecule has 1 heterocycles. The fourth-order valence-corrected chi connectivity index (χ4v) is 6.96. The standard InChI is InChI=1S/C46H40N2/c1-30-26-41(42-27-34(5)46(29-33(42)4)48-44-23-15-13-21-38(44)39-22-14-16-24-45(39)48)31(2)25-40(30)32(3)28-43(37-19-11-8-12-20-37)47-35(6)36-17-9-7-10-18-36/h7-29H,6H2,1-5H3/b32-28+,47-43?. The summed E-state index contributed by atoms with van der Waals surface area (Å²) in [5.41, 5.74) is 17.4. The Morgan fingerprint density at radius 2 is 1.06 bits per heavy atom. The molecule has 2 nitrogen and oxygen atoms in total. The van der Waals surface area contributed by atoms with Crippen LogP contribution in [-0.4, -0.2) is 10.3 Å². The maximum Gasteiger partial charge on any atom is 0.0712 e. The van der Waals surface area contributed by atoms with E-state index < -0.39 is 0 Å². The number of benzene rings is 6. The monoisotopic (exact) mass is 620 g/mol. The number of hydrogen-bond acceptors (Lipinski definition) is 1. The number of nitrogens with zero attached hydrogens (tertiary/aromatic N) is 2. The van der Waals surface area contributed by atoms with Crippen LogP contribution in [0.5, 0.6) is 0 Å². The van der Waals surface area contributed by atoms with Gasteiger partial charge in [0, 0.05) is 22.0 Å². The van der Waals surface area contributed by atoms with Gasteiger partial charge in [0.25, 0.3) is 0 Å². The normalized spacial score (nSPS) is 12.2. The summed E-state index contributed by atoms with van der Waals surface area (Å²) in [7, 11) is 0. The zero-order valence-electron chi connectivity index (χ0n) is 28.4. The lowest BCUT2D eigenvalue weighted by Gasteiger charge is -2.18. The van der Waals surface area contributed by atoms with Crippen LogP contribution in [0.25, 0.3) is 49.9 Å². The summed E-state index contributed by atoms with van der Waals surface area (Å²) in [5.74, 6) is 0. The first-order chi connectivity index (χ1) is 23.3. The molecule has 0 unspecified atom stereocenters. The van der Waals surface area contributed by atoms with Crippen LogP contribution < -0.4 is 0 Å². The topological polar surface area (TPSA) is 17.3 Å². The number of rotatable bonds is 7. The Morgan fingerprint density at radius 1 is 0.562 bits per heavy atom.